The molecule has 4 N–H and O–H groups in total. The molecule has 1 fully saturated rings. The normalized spacial score (nSPS) is 30.1. The van der Waals surface area contributed by atoms with Crippen molar-refractivity contribution in [2.45, 2.75) is 24.5 Å². The van der Waals surface area contributed by atoms with Crippen LogP contribution in [-0.4, -0.2) is 5.25 Å². The number of nitrogens with zero attached hydrogens (tertiary/aromatic N) is 1. The molecule has 0 aromatic carbocycles. The minimum Gasteiger partial charge on any atom is -0.277 e. The van der Waals surface area contributed by atoms with E-state index in [1.54, 1.807) is 0 Å². The summed E-state index contributed by atoms with van der Waals surface area (Å²) < 4.78 is 11.0. The molecule has 0 aromatic rings. The summed E-state index contributed by atoms with van der Waals surface area (Å²) >= 11 is 1.14. The van der Waals surface area contributed by atoms with Crippen molar-refractivity contribution < 1.29 is 4.57 Å². The summed E-state index contributed by atoms with van der Waals surface area (Å²) in [6.45, 7) is -2.94. The Morgan fingerprint density at radius 3 is 2.58 bits per heavy atom. The number of hydrogen-bond donors (Lipinski definition) is 2. The molecule has 0 amide bonds. The van der Waals surface area contributed by atoms with Crippen molar-refractivity contribution in [1.82, 2.24) is 0 Å². The van der Waals surface area contributed by atoms with Crippen molar-refractivity contribution in [1.29, 1.82) is 5.26 Å². The van der Waals surface area contributed by atoms with Gasteiger partial charge in [-0.3, -0.25) is 15.6 Å². The SMILES string of the molecule is N#CC1CCC(SP(N)(N)=O)C1. The van der Waals surface area contributed by atoms with E-state index in [-0.39, 0.29) is 11.2 Å². The zero-order valence-electron chi connectivity index (χ0n) is 6.64. The van der Waals surface area contributed by atoms with Crippen molar-refractivity contribution in [3.05, 3.63) is 0 Å². The van der Waals surface area contributed by atoms with Gasteiger partial charge in [0.1, 0.15) is 0 Å². The molecule has 68 valence electrons. The number of hydrogen-bond acceptors (Lipinski definition) is 3. The topological polar surface area (TPSA) is 92.9 Å². The summed E-state index contributed by atoms with van der Waals surface area (Å²) in [5.41, 5.74) is 10.4. The van der Waals surface area contributed by atoms with Crippen LogP contribution in [-0.2, 0) is 4.57 Å². The molecule has 0 spiro atoms. The highest BCUT2D eigenvalue weighted by molar-refractivity contribution is 8.57. The van der Waals surface area contributed by atoms with E-state index in [1.807, 2.05) is 0 Å². The van der Waals surface area contributed by atoms with Crippen molar-refractivity contribution in [3.8, 4) is 6.07 Å². The average Bonchev–Trinajstić information content (AvgIpc) is 2.32. The van der Waals surface area contributed by atoms with E-state index in [0.29, 0.717) is 0 Å². The van der Waals surface area contributed by atoms with Crippen LogP contribution in [0.2, 0.25) is 0 Å². The van der Waals surface area contributed by atoms with E-state index in [0.717, 1.165) is 30.6 Å². The van der Waals surface area contributed by atoms with Gasteiger partial charge in [0.05, 0.1) is 6.07 Å². The van der Waals surface area contributed by atoms with E-state index in [9.17, 15) is 4.57 Å². The summed E-state index contributed by atoms with van der Waals surface area (Å²) in [6.07, 6.45) is 2.56. The van der Waals surface area contributed by atoms with E-state index in [2.05, 4.69) is 6.07 Å². The van der Waals surface area contributed by atoms with Crippen molar-refractivity contribution >= 4 is 18.0 Å². The Morgan fingerprint density at radius 2 is 2.17 bits per heavy atom. The highest BCUT2D eigenvalue weighted by Crippen LogP contribution is 2.51. The Balaban J connectivity index is 2.39. The second-order valence-corrected chi connectivity index (χ2v) is 7.52. The van der Waals surface area contributed by atoms with Gasteiger partial charge in [-0.15, -0.1) is 0 Å². The summed E-state index contributed by atoms with van der Waals surface area (Å²) in [5.74, 6) is 0.106. The molecule has 0 radical (unpaired) electrons. The molecule has 0 heterocycles. The fourth-order valence-electron chi connectivity index (χ4n) is 1.39. The molecule has 2 atom stereocenters. The fourth-order valence-corrected chi connectivity index (χ4v) is 4.38. The lowest BCUT2D eigenvalue weighted by atomic mass is 10.1. The van der Waals surface area contributed by atoms with Crippen LogP contribution in [0.15, 0.2) is 0 Å². The third kappa shape index (κ3) is 3.16. The van der Waals surface area contributed by atoms with Crippen LogP contribution < -0.4 is 11.0 Å². The fraction of sp³-hybridized carbons (Fsp3) is 0.833. The molecule has 0 aliphatic heterocycles. The van der Waals surface area contributed by atoms with E-state index >= 15 is 0 Å². The van der Waals surface area contributed by atoms with Crippen LogP contribution >= 0.6 is 18.0 Å². The van der Waals surface area contributed by atoms with Gasteiger partial charge < -0.3 is 0 Å². The second-order valence-electron chi connectivity index (χ2n) is 3.01. The first-order valence-corrected chi connectivity index (χ1v) is 7.09. The predicted molar refractivity (Wildman–Crippen MR) is 50.3 cm³/mol. The van der Waals surface area contributed by atoms with Gasteiger partial charge in [0.25, 0.3) is 6.65 Å². The molecule has 1 saturated carbocycles. The van der Waals surface area contributed by atoms with E-state index < -0.39 is 6.65 Å². The van der Waals surface area contributed by atoms with Crippen LogP contribution in [0.1, 0.15) is 19.3 Å². The zero-order chi connectivity index (χ0) is 9.19. The lowest BCUT2D eigenvalue weighted by Gasteiger charge is -2.10. The smallest absolute Gasteiger partial charge is 0.261 e. The number of nitrogens with two attached hydrogens (primary N) is 2. The Bertz CT molecular complexity index is 246. The minimum atomic E-state index is -2.94. The summed E-state index contributed by atoms with van der Waals surface area (Å²) in [7, 11) is 0. The van der Waals surface area contributed by atoms with Gasteiger partial charge in [0.2, 0.25) is 0 Å². The van der Waals surface area contributed by atoms with Crippen LogP contribution in [0, 0.1) is 17.2 Å². The molecule has 1 aliphatic rings. The van der Waals surface area contributed by atoms with Crippen LogP contribution in [0.4, 0.5) is 0 Å². The maximum absolute atomic E-state index is 11.0. The van der Waals surface area contributed by atoms with Crippen molar-refractivity contribution in [2.24, 2.45) is 16.9 Å². The maximum Gasteiger partial charge on any atom is 0.261 e. The summed E-state index contributed by atoms with van der Waals surface area (Å²) in [4.78, 5) is 0. The van der Waals surface area contributed by atoms with Gasteiger partial charge in [0, 0.05) is 11.2 Å². The molecule has 0 saturated heterocycles. The van der Waals surface area contributed by atoms with Crippen LogP contribution in [0.25, 0.3) is 0 Å². The largest absolute Gasteiger partial charge is 0.277 e. The Hall–Kier alpha value is -0.0100. The average molecular weight is 205 g/mol. The predicted octanol–water partition coefficient (Wildman–Crippen LogP) is 1.44. The van der Waals surface area contributed by atoms with Gasteiger partial charge in [-0.1, -0.05) is 11.4 Å². The van der Waals surface area contributed by atoms with Gasteiger partial charge in [-0.2, -0.15) is 5.26 Å². The first kappa shape index (κ1) is 10.1. The Kier molecular flexibility index (Phi) is 3.19. The monoisotopic (exact) mass is 205 g/mol. The van der Waals surface area contributed by atoms with Crippen molar-refractivity contribution in [2.75, 3.05) is 0 Å². The van der Waals surface area contributed by atoms with E-state index in [1.165, 1.54) is 0 Å². The minimum absolute atomic E-state index is 0.106. The van der Waals surface area contributed by atoms with Gasteiger partial charge >= 0.3 is 0 Å². The highest BCUT2D eigenvalue weighted by Gasteiger charge is 2.28. The Morgan fingerprint density at radius 1 is 1.50 bits per heavy atom. The third-order valence-electron chi connectivity index (χ3n) is 1.88. The highest BCUT2D eigenvalue weighted by atomic mass is 32.7. The Labute approximate surface area is 75.9 Å². The number of nitriles is 1. The number of rotatable bonds is 2. The first-order chi connectivity index (χ1) is 5.51. The summed E-state index contributed by atoms with van der Waals surface area (Å²) in [6, 6.07) is 2.19. The van der Waals surface area contributed by atoms with Gasteiger partial charge in [-0.05, 0) is 19.3 Å². The molecule has 4 nitrogen and oxygen atoms in total. The molecule has 6 heteroatoms. The molecule has 12 heavy (non-hydrogen) atoms. The quantitative estimate of drug-likeness (QED) is 0.665. The molecule has 2 unspecified atom stereocenters. The molecule has 1 aliphatic carbocycles. The molecule has 0 bridgehead atoms. The third-order valence-corrected chi connectivity index (χ3v) is 4.82. The molecular formula is C6H12N3OPS. The standard InChI is InChI=1S/C6H12N3OPS/c7-4-5-1-2-6(3-5)12-11(8,9)10/h5-6H,1-3H2,(H4,8,9,10). The molecule has 1 rings (SSSR count). The van der Waals surface area contributed by atoms with Gasteiger partial charge in [-0.25, -0.2) is 0 Å². The van der Waals surface area contributed by atoms with Gasteiger partial charge in [0.15, 0.2) is 0 Å². The van der Waals surface area contributed by atoms with Crippen LogP contribution in [0.3, 0.4) is 0 Å². The lowest BCUT2D eigenvalue weighted by Crippen LogP contribution is -2.05. The lowest BCUT2D eigenvalue weighted by molar-refractivity contribution is 0.586. The first-order valence-electron chi connectivity index (χ1n) is 3.76. The molecule has 0 aromatic heterocycles. The second kappa shape index (κ2) is 3.80. The van der Waals surface area contributed by atoms with Crippen LogP contribution in [0.5, 0.6) is 0 Å². The zero-order valence-corrected chi connectivity index (χ0v) is 8.35. The summed E-state index contributed by atoms with van der Waals surface area (Å²) in [5, 5.41) is 8.81. The molecular weight excluding hydrogens is 193 g/mol. The van der Waals surface area contributed by atoms with Crippen molar-refractivity contribution in [3.63, 3.8) is 0 Å². The maximum atomic E-state index is 11.0. The van der Waals surface area contributed by atoms with E-state index in [4.69, 9.17) is 16.3 Å².